The van der Waals surface area contributed by atoms with Gasteiger partial charge in [-0.05, 0) is 72.4 Å². The number of fused-ring (bicyclic) bond motifs is 1. The van der Waals surface area contributed by atoms with Crippen LogP contribution >= 0.6 is 23.2 Å². The quantitative estimate of drug-likeness (QED) is 0.146. The molecular weight excluding hydrogens is 655 g/mol. The first-order valence-electron chi connectivity index (χ1n) is 16.7. The van der Waals surface area contributed by atoms with E-state index in [1.807, 2.05) is 84.9 Å². The molecule has 1 fully saturated rings. The zero-order valence-corrected chi connectivity index (χ0v) is 28.7. The monoisotopic (exact) mass is 694 g/mol. The highest BCUT2D eigenvalue weighted by Gasteiger charge is 2.40. The molecule has 7 nitrogen and oxygen atoms in total. The molecule has 4 aromatic carbocycles. The van der Waals surface area contributed by atoms with Crippen LogP contribution in [0.15, 0.2) is 110 Å². The van der Waals surface area contributed by atoms with E-state index in [1.165, 1.54) is 0 Å². The molecule has 1 aliphatic heterocycles. The highest BCUT2D eigenvalue weighted by atomic mass is 35.5. The second-order valence-corrected chi connectivity index (χ2v) is 13.8. The first-order valence-corrected chi connectivity index (χ1v) is 17.5. The Morgan fingerprint density at radius 1 is 0.918 bits per heavy atom. The SMILES string of the molecule is C=CC[C@H](C(N)=O)[C@@H](CC1CCC1)C(=O)NC1CN(c2ccccc2)c2ccccc2N(Cc2cccc(-c3ccc(Cl)cc3Cl)c2)C1=O. The fraction of sp³-hybridized carbons (Fsp3) is 0.275. The average Bonchev–Trinajstić information content (AvgIpc) is 3.18. The molecular formula is C40H40Cl2N4O3. The molecule has 9 heteroatoms. The predicted molar refractivity (Wildman–Crippen MR) is 198 cm³/mol. The van der Waals surface area contributed by atoms with Crippen molar-refractivity contribution in [3.05, 3.63) is 125 Å². The molecule has 2 aliphatic rings. The highest BCUT2D eigenvalue weighted by Crippen LogP contribution is 2.40. The second kappa shape index (κ2) is 15.3. The minimum Gasteiger partial charge on any atom is -0.369 e. The van der Waals surface area contributed by atoms with Crippen molar-refractivity contribution in [3.63, 3.8) is 0 Å². The number of carbonyl (C=O) groups is 3. The number of benzene rings is 4. The van der Waals surface area contributed by atoms with E-state index >= 15 is 0 Å². The van der Waals surface area contributed by atoms with Crippen LogP contribution in [-0.4, -0.2) is 30.3 Å². The maximum atomic E-state index is 14.8. The third-order valence-corrected chi connectivity index (χ3v) is 10.3. The zero-order chi connectivity index (χ0) is 34.5. The first-order chi connectivity index (χ1) is 23.7. The second-order valence-electron chi connectivity index (χ2n) is 12.9. The van der Waals surface area contributed by atoms with Gasteiger partial charge in [0.1, 0.15) is 6.04 Å². The largest absolute Gasteiger partial charge is 0.369 e. The van der Waals surface area contributed by atoms with Crippen molar-refractivity contribution in [2.24, 2.45) is 23.5 Å². The number of nitrogens with zero attached hydrogens (tertiary/aromatic N) is 2. The number of nitrogens with two attached hydrogens (primary N) is 1. The van der Waals surface area contributed by atoms with Gasteiger partial charge in [-0.25, -0.2) is 0 Å². The molecule has 1 heterocycles. The van der Waals surface area contributed by atoms with Crippen LogP contribution in [0.4, 0.5) is 17.1 Å². The minimum atomic E-state index is -0.921. The Kier molecular flexibility index (Phi) is 10.7. The Morgan fingerprint density at radius 3 is 2.33 bits per heavy atom. The number of halogens is 2. The smallest absolute Gasteiger partial charge is 0.251 e. The molecule has 4 aromatic rings. The summed E-state index contributed by atoms with van der Waals surface area (Å²) < 4.78 is 0. The van der Waals surface area contributed by atoms with Gasteiger partial charge in [-0.2, -0.15) is 0 Å². The van der Waals surface area contributed by atoms with Gasteiger partial charge in [-0.15, -0.1) is 6.58 Å². The number of hydrogen-bond donors (Lipinski definition) is 2. The maximum Gasteiger partial charge on any atom is 0.251 e. The molecule has 0 spiro atoms. The van der Waals surface area contributed by atoms with Gasteiger partial charge in [0.15, 0.2) is 0 Å². The Bertz CT molecular complexity index is 1840. The first kappa shape index (κ1) is 34.3. The molecule has 3 atom stereocenters. The zero-order valence-electron chi connectivity index (χ0n) is 27.2. The van der Waals surface area contributed by atoms with Gasteiger partial charge in [0.05, 0.1) is 36.3 Å². The number of nitrogens with one attached hydrogen (secondary N) is 1. The van der Waals surface area contributed by atoms with E-state index in [4.69, 9.17) is 28.9 Å². The van der Waals surface area contributed by atoms with Crippen LogP contribution in [0.5, 0.6) is 0 Å². The Balaban J connectivity index is 1.38. The molecule has 3 N–H and O–H groups in total. The van der Waals surface area contributed by atoms with Gasteiger partial charge in [-0.1, -0.05) is 103 Å². The third-order valence-electron chi connectivity index (χ3n) is 9.71. The lowest BCUT2D eigenvalue weighted by Crippen LogP contribution is -2.54. The normalized spacial score (nSPS) is 17.3. The van der Waals surface area contributed by atoms with Crippen LogP contribution in [-0.2, 0) is 20.9 Å². The van der Waals surface area contributed by atoms with E-state index in [0.29, 0.717) is 28.8 Å². The molecule has 1 aliphatic carbocycles. The van der Waals surface area contributed by atoms with E-state index < -0.39 is 23.8 Å². The molecule has 6 rings (SSSR count). The number of rotatable bonds is 12. The number of hydrogen-bond acceptors (Lipinski definition) is 4. The summed E-state index contributed by atoms with van der Waals surface area (Å²) in [5.41, 5.74) is 10.9. The maximum absolute atomic E-state index is 14.8. The Hall–Kier alpha value is -4.59. The summed E-state index contributed by atoms with van der Waals surface area (Å²) in [7, 11) is 0. The van der Waals surface area contributed by atoms with Crippen LogP contribution in [0.25, 0.3) is 11.1 Å². The number of allylic oxidation sites excluding steroid dienone is 1. The van der Waals surface area contributed by atoms with Crippen LogP contribution in [0.3, 0.4) is 0 Å². The summed E-state index contributed by atoms with van der Waals surface area (Å²) in [5, 5.41) is 4.19. The molecule has 252 valence electrons. The molecule has 1 saturated carbocycles. The molecule has 0 aromatic heterocycles. The lowest BCUT2D eigenvalue weighted by atomic mass is 9.74. The van der Waals surface area contributed by atoms with E-state index in [9.17, 15) is 14.4 Å². The number of anilines is 3. The molecule has 1 unspecified atom stereocenters. The van der Waals surface area contributed by atoms with Gasteiger partial charge < -0.3 is 20.9 Å². The van der Waals surface area contributed by atoms with Crippen molar-refractivity contribution >= 4 is 58.0 Å². The topological polar surface area (TPSA) is 95.7 Å². The van der Waals surface area contributed by atoms with E-state index in [0.717, 1.165) is 53.0 Å². The van der Waals surface area contributed by atoms with Crippen molar-refractivity contribution in [2.75, 3.05) is 16.3 Å². The highest BCUT2D eigenvalue weighted by molar-refractivity contribution is 6.36. The van der Waals surface area contributed by atoms with Crippen LogP contribution in [0, 0.1) is 17.8 Å². The van der Waals surface area contributed by atoms with Gasteiger partial charge >= 0.3 is 0 Å². The number of para-hydroxylation sites is 3. The molecule has 0 radical (unpaired) electrons. The van der Waals surface area contributed by atoms with E-state index in [2.05, 4.69) is 16.8 Å². The summed E-state index contributed by atoms with van der Waals surface area (Å²) in [6.45, 7) is 4.25. The van der Waals surface area contributed by atoms with Crippen molar-refractivity contribution < 1.29 is 14.4 Å². The van der Waals surface area contributed by atoms with E-state index in [1.54, 1.807) is 23.1 Å². The van der Waals surface area contributed by atoms with Gasteiger partial charge in [0.25, 0.3) is 5.91 Å². The van der Waals surface area contributed by atoms with Crippen molar-refractivity contribution in [1.29, 1.82) is 0 Å². The molecule has 0 saturated heterocycles. The third kappa shape index (κ3) is 7.69. The van der Waals surface area contributed by atoms with E-state index in [-0.39, 0.29) is 24.9 Å². The van der Waals surface area contributed by atoms with Crippen LogP contribution in [0.1, 0.15) is 37.7 Å². The standard InChI is InChI=1S/C40H40Cl2N4O3/c1-2-10-32(38(43)47)33(22-26-11-8-12-26)39(48)44-35-25-45(30-15-4-3-5-16-30)36-17-6-7-18-37(36)46(40(35)49)24-27-13-9-14-28(21-27)31-20-19-29(41)23-34(31)42/h2-7,9,13-21,23,26,32-33,35H,1,8,10-12,22,24-25H2,(H2,43,47)(H,44,48)/t32-,33+,35?/m0/s1. The lowest BCUT2D eigenvalue weighted by Gasteiger charge is -2.33. The number of carbonyl (C=O) groups excluding carboxylic acids is 3. The molecule has 49 heavy (non-hydrogen) atoms. The van der Waals surface area contributed by atoms with Crippen LogP contribution in [0.2, 0.25) is 10.0 Å². The summed E-state index contributed by atoms with van der Waals surface area (Å²) in [5.74, 6) is -2.16. The van der Waals surface area contributed by atoms with Gasteiger partial charge in [0, 0.05) is 21.3 Å². The summed E-state index contributed by atoms with van der Waals surface area (Å²) in [6, 6.07) is 29.9. The summed E-state index contributed by atoms with van der Waals surface area (Å²) in [6.07, 6.45) is 5.59. The average molecular weight is 696 g/mol. The summed E-state index contributed by atoms with van der Waals surface area (Å²) in [4.78, 5) is 45.4. The lowest BCUT2D eigenvalue weighted by molar-refractivity contribution is -0.136. The van der Waals surface area contributed by atoms with Crippen molar-refractivity contribution in [3.8, 4) is 11.1 Å². The van der Waals surface area contributed by atoms with Gasteiger partial charge in [-0.3, -0.25) is 14.4 Å². The predicted octanol–water partition coefficient (Wildman–Crippen LogP) is 8.31. The number of amides is 3. The number of primary amides is 1. The van der Waals surface area contributed by atoms with Gasteiger partial charge in [0.2, 0.25) is 11.8 Å². The Labute approximate surface area is 297 Å². The Morgan fingerprint density at radius 2 is 1.65 bits per heavy atom. The van der Waals surface area contributed by atoms with Crippen LogP contribution < -0.4 is 20.9 Å². The minimum absolute atomic E-state index is 0.196. The van der Waals surface area contributed by atoms with Crippen molar-refractivity contribution in [1.82, 2.24) is 5.32 Å². The fourth-order valence-electron chi connectivity index (χ4n) is 6.93. The molecule has 0 bridgehead atoms. The van der Waals surface area contributed by atoms with Crippen molar-refractivity contribution in [2.45, 2.75) is 44.7 Å². The fourth-order valence-corrected chi connectivity index (χ4v) is 7.45. The molecule has 3 amide bonds. The summed E-state index contributed by atoms with van der Waals surface area (Å²) >= 11 is 12.7.